The Bertz CT molecular complexity index is 1400. The predicted octanol–water partition coefficient (Wildman–Crippen LogP) is 4.74. The molecule has 1 N–H and O–H groups in total. The highest BCUT2D eigenvalue weighted by molar-refractivity contribution is 6.00. The van der Waals surface area contributed by atoms with Crippen molar-refractivity contribution in [2.75, 3.05) is 26.0 Å². The zero-order chi connectivity index (χ0) is 26.7. The number of ketones is 1. The Kier molecular flexibility index (Phi) is 9.04. The van der Waals surface area contributed by atoms with E-state index in [-0.39, 0.29) is 18.1 Å². The van der Waals surface area contributed by atoms with E-state index in [1.165, 1.54) is 12.4 Å². The topological polar surface area (TPSA) is 97.3 Å². The molecule has 8 nitrogen and oxygen atoms in total. The summed E-state index contributed by atoms with van der Waals surface area (Å²) in [5, 5.41) is 2.80. The summed E-state index contributed by atoms with van der Waals surface area (Å²) in [6.07, 6.45) is 8.91. The van der Waals surface area contributed by atoms with Gasteiger partial charge in [0.1, 0.15) is 12.1 Å². The van der Waals surface area contributed by atoms with Gasteiger partial charge in [0.05, 0.1) is 11.9 Å². The lowest BCUT2D eigenvalue weighted by Gasteiger charge is -2.08. The van der Waals surface area contributed by atoms with Gasteiger partial charge in [-0.25, -0.2) is 9.97 Å². The summed E-state index contributed by atoms with van der Waals surface area (Å²) in [5.74, 6) is 0.839. The number of pyridine rings is 1. The zero-order valence-electron chi connectivity index (χ0n) is 21.4. The molecule has 2 aromatic carbocycles. The van der Waals surface area contributed by atoms with E-state index in [0.717, 1.165) is 16.8 Å². The number of benzene rings is 2. The van der Waals surface area contributed by atoms with Crippen molar-refractivity contribution in [3.05, 3.63) is 120 Å². The van der Waals surface area contributed by atoms with Crippen LogP contribution in [0.5, 0.6) is 11.6 Å². The Morgan fingerprint density at radius 2 is 1.79 bits per heavy atom. The first-order chi connectivity index (χ1) is 18.4. The number of Topliss-reactive ketones (excluding diaryl/α,β-unsaturated/α-hetero) is 1. The molecule has 0 radical (unpaired) electrons. The number of rotatable bonds is 11. The van der Waals surface area contributed by atoms with E-state index in [2.05, 4.69) is 20.3 Å². The van der Waals surface area contributed by atoms with Crippen LogP contribution in [0.25, 0.3) is 0 Å². The summed E-state index contributed by atoms with van der Waals surface area (Å²) in [6.45, 7) is 0.683. The molecule has 0 atom stereocenters. The molecule has 0 aliphatic rings. The maximum Gasteiger partial charge on any atom is 0.248 e. The molecular formula is C30H29N5O3. The lowest BCUT2D eigenvalue weighted by atomic mass is 9.99. The van der Waals surface area contributed by atoms with Gasteiger partial charge in [0.15, 0.2) is 5.78 Å². The first kappa shape index (κ1) is 26.4. The molecule has 0 unspecified atom stereocenters. The molecule has 0 fully saturated rings. The van der Waals surface area contributed by atoms with Crippen LogP contribution in [0.2, 0.25) is 0 Å². The third-order valence-corrected chi connectivity index (χ3v) is 5.51. The fraction of sp³-hybridized carbons (Fsp3) is 0.167. The highest BCUT2D eigenvalue weighted by Gasteiger charge is 2.10. The molecule has 0 aliphatic heterocycles. The second kappa shape index (κ2) is 13.0. The largest absolute Gasteiger partial charge is 0.437 e. The summed E-state index contributed by atoms with van der Waals surface area (Å²) in [4.78, 5) is 39.4. The molecule has 8 heteroatoms. The first-order valence-electron chi connectivity index (χ1n) is 12.2. The maximum atomic E-state index is 12.9. The van der Waals surface area contributed by atoms with Crippen molar-refractivity contribution in [2.45, 2.75) is 12.8 Å². The van der Waals surface area contributed by atoms with Gasteiger partial charge in [0.2, 0.25) is 11.8 Å². The van der Waals surface area contributed by atoms with Crippen LogP contribution in [0, 0.1) is 0 Å². The van der Waals surface area contributed by atoms with E-state index < -0.39 is 0 Å². The van der Waals surface area contributed by atoms with Gasteiger partial charge in [-0.3, -0.25) is 14.6 Å². The Hall–Kier alpha value is -4.69. The standard InChI is InChI=1S/C30H29N5O3/c1-35(2)15-5-9-29(37)34-25-12-10-24(11-13-25)28(36)18-23-7-3-6-22(16-23)17-26-19-30(33-21-32-26)38-27-8-4-14-31-20-27/h3-14,16,19-21H,15,17-18H2,1-2H3,(H,34,37)/b9-5+. The van der Waals surface area contributed by atoms with Crippen LogP contribution in [0.3, 0.4) is 0 Å². The van der Waals surface area contributed by atoms with Crippen LogP contribution in [-0.4, -0.2) is 52.2 Å². The fourth-order valence-electron chi connectivity index (χ4n) is 3.70. The van der Waals surface area contributed by atoms with Gasteiger partial charge in [0, 0.05) is 49.0 Å². The van der Waals surface area contributed by atoms with Crippen LogP contribution in [0.15, 0.2) is 97.6 Å². The summed E-state index contributed by atoms with van der Waals surface area (Å²) >= 11 is 0. The fourth-order valence-corrected chi connectivity index (χ4v) is 3.70. The van der Waals surface area contributed by atoms with E-state index in [0.29, 0.717) is 35.8 Å². The van der Waals surface area contributed by atoms with E-state index in [9.17, 15) is 9.59 Å². The second-order valence-electron chi connectivity index (χ2n) is 8.97. The Morgan fingerprint density at radius 3 is 2.55 bits per heavy atom. The van der Waals surface area contributed by atoms with Crippen LogP contribution >= 0.6 is 0 Å². The van der Waals surface area contributed by atoms with Gasteiger partial charge < -0.3 is 15.0 Å². The SMILES string of the molecule is CN(C)C/C=C/C(=O)Nc1ccc(C(=O)Cc2cccc(Cc3cc(Oc4cccnc4)ncn3)c2)cc1. The monoisotopic (exact) mass is 507 g/mol. The van der Waals surface area contributed by atoms with Crippen LogP contribution in [-0.2, 0) is 17.6 Å². The number of hydrogen-bond acceptors (Lipinski definition) is 7. The Balaban J connectivity index is 1.34. The highest BCUT2D eigenvalue weighted by atomic mass is 16.5. The number of hydrogen-bond donors (Lipinski definition) is 1. The van der Waals surface area contributed by atoms with Crippen molar-refractivity contribution >= 4 is 17.4 Å². The van der Waals surface area contributed by atoms with Gasteiger partial charge in [0.25, 0.3) is 0 Å². The minimum Gasteiger partial charge on any atom is -0.437 e. The molecule has 0 spiro atoms. The number of nitrogens with one attached hydrogen (secondary N) is 1. The lowest BCUT2D eigenvalue weighted by molar-refractivity contribution is -0.111. The normalized spacial score (nSPS) is 11.0. The van der Waals surface area contributed by atoms with Gasteiger partial charge in [-0.1, -0.05) is 30.3 Å². The Labute approximate surface area is 222 Å². The first-order valence-corrected chi connectivity index (χ1v) is 12.2. The minimum absolute atomic E-state index is 0.0000910. The van der Waals surface area contributed by atoms with Gasteiger partial charge in [-0.05, 0) is 61.6 Å². The number of likely N-dealkylation sites (N-methyl/N-ethyl adjacent to an activating group) is 1. The van der Waals surface area contributed by atoms with Gasteiger partial charge in [-0.2, -0.15) is 0 Å². The lowest BCUT2D eigenvalue weighted by Crippen LogP contribution is -2.13. The summed E-state index contributed by atoms with van der Waals surface area (Å²) in [7, 11) is 3.87. The molecule has 0 bridgehead atoms. The molecular weight excluding hydrogens is 478 g/mol. The van der Waals surface area contributed by atoms with E-state index in [4.69, 9.17) is 4.74 Å². The number of aromatic nitrogens is 3. The molecule has 2 aromatic heterocycles. The Morgan fingerprint density at radius 1 is 0.974 bits per heavy atom. The molecule has 4 aromatic rings. The number of amides is 1. The van der Waals surface area contributed by atoms with Crippen molar-refractivity contribution < 1.29 is 14.3 Å². The number of carbonyl (C=O) groups is 2. The molecule has 2 heterocycles. The summed E-state index contributed by atoms with van der Waals surface area (Å²) in [6, 6.07) is 20.2. The zero-order valence-corrected chi connectivity index (χ0v) is 21.4. The molecule has 0 saturated heterocycles. The van der Waals surface area contributed by atoms with E-state index >= 15 is 0 Å². The van der Waals surface area contributed by atoms with Crippen molar-refractivity contribution in [2.24, 2.45) is 0 Å². The van der Waals surface area contributed by atoms with Gasteiger partial charge in [-0.15, -0.1) is 0 Å². The third kappa shape index (κ3) is 8.18. The average molecular weight is 508 g/mol. The highest BCUT2D eigenvalue weighted by Crippen LogP contribution is 2.20. The third-order valence-electron chi connectivity index (χ3n) is 5.51. The number of carbonyl (C=O) groups excluding carboxylic acids is 2. The van der Waals surface area contributed by atoms with Crippen molar-refractivity contribution in [3.8, 4) is 11.6 Å². The molecule has 192 valence electrons. The second-order valence-corrected chi connectivity index (χ2v) is 8.97. The summed E-state index contributed by atoms with van der Waals surface area (Å²) < 4.78 is 5.75. The molecule has 38 heavy (non-hydrogen) atoms. The van der Waals surface area contributed by atoms with Crippen LogP contribution in [0.4, 0.5) is 5.69 Å². The van der Waals surface area contributed by atoms with Crippen molar-refractivity contribution in [3.63, 3.8) is 0 Å². The van der Waals surface area contributed by atoms with E-state index in [1.807, 2.05) is 49.3 Å². The quantitative estimate of drug-likeness (QED) is 0.231. The maximum absolute atomic E-state index is 12.9. The van der Waals surface area contributed by atoms with Gasteiger partial charge >= 0.3 is 0 Å². The predicted molar refractivity (Wildman–Crippen MR) is 146 cm³/mol. The molecule has 0 aliphatic carbocycles. The molecule has 0 saturated carbocycles. The minimum atomic E-state index is -0.206. The molecule has 1 amide bonds. The number of ether oxygens (including phenoxy) is 1. The average Bonchev–Trinajstić information content (AvgIpc) is 2.90. The smallest absolute Gasteiger partial charge is 0.248 e. The van der Waals surface area contributed by atoms with Crippen molar-refractivity contribution in [1.82, 2.24) is 19.9 Å². The van der Waals surface area contributed by atoms with Crippen LogP contribution in [0.1, 0.15) is 27.2 Å². The van der Waals surface area contributed by atoms with Crippen LogP contribution < -0.4 is 10.1 Å². The van der Waals surface area contributed by atoms with E-state index in [1.54, 1.807) is 54.9 Å². The molecule has 4 rings (SSSR count). The number of anilines is 1. The summed E-state index contributed by atoms with van der Waals surface area (Å²) in [5.41, 5.74) is 3.97. The van der Waals surface area contributed by atoms with Crippen molar-refractivity contribution in [1.29, 1.82) is 0 Å². The number of nitrogens with zero attached hydrogens (tertiary/aromatic N) is 4.